The Balaban J connectivity index is 2.22. The number of halogens is 3. The number of alkyl halides is 3. The molecule has 0 aromatic carbocycles. The Hall–Kier alpha value is -0.620. The second kappa shape index (κ2) is 3.63. The minimum absolute atomic E-state index is 0.108. The monoisotopic (exact) mass is 197 g/mol. The molecule has 1 aliphatic carbocycles. The molecule has 0 atom stereocenters. The van der Waals surface area contributed by atoms with Gasteiger partial charge in [0.05, 0.1) is 12.6 Å². The molecular formula is C7H10F3NO2. The first-order valence-electron chi connectivity index (χ1n) is 3.89. The van der Waals surface area contributed by atoms with Crippen molar-refractivity contribution in [2.45, 2.75) is 25.3 Å². The van der Waals surface area contributed by atoms with Crippen molar-refractivity contribution >= 4 is 5.78 Å². The molecule has 76 valence electrons. The molecule has 3 nitrogen and oxygen atoms in total. The number of hydrogen-bond donors (Lipinski definition) is 1. The van der Waals surface area contributed by atoms with Crippen LogP contribution in [0.25, 0.3) is 0 Å². The van der Waals surface area contributed by atoms with Gasteiger partial charge in [-0.1, -0.05) is 0 Å². The van der Waals surface area contributed by atoms with Crippen molar-refractivity contribution in [2.24, 2.45) is 11.7 Å². The molecule has 0 radical (unpaired) electrons. The summed E-state index contributed by atoms with van der Waals surface area (Å²) in [6.07, 6.45) is -5.19. The number of hydrogen-bond acceptors (Lipinski definition) is 3. The van der Waals surface area contributed by atoms with Crippen molar-refractivity contribution < 1.29 is 22.7 Å². The van der Waals surface area contributed by atoms with Crippen molar-refractivity contribution in [3.05, 3.63) is 0 Å². The lowest BCUT2D eigenvalue weighted by Crippen LogP contribution is -2.41. The molecule has 0 aromatic heterocycles. The Morgan fingerprint density at radius 2 is 2.00 bits per heavy atom. The molecule has 6 heteroatoms. The summed E-state index contributed by atoms with van der Waals surface area (Å²) < 4.78 is 38.5. The number of ether oxygens (including phenoxy) is 1. The van der Waals surface area contributed by atoms with Crippen LogP contribution in [0.1, 0.15) is 12.8 Å². The average Bonchev–Trinajstić information content (AvgIpc) is 1.92. The van der Waals surface area contributed by atoms with E-state index in [0.717, 1.165) is 0 Å². The van der Waals surface area contributed by atoms with Crippen molar-refractivity contribution in [2.75, 3.05) is 6.54 Å². The standard InChI is InChI=1S/C7H10F3NO2/c8-7(9,10)13-5-1-4(2-5)6(12)3-11/h4-5H,1-3,11H2. The maximum absolute atomic E-state index is 11.6. The van der Waals surface area contributed by atoms with Gasteiger partial charge in [0.1, 0.15) is 5.78 Å². The topological polar surface area (TPSA) is 52.3 Å². The number of carbonyl (C=O) groups is 1. The van der Waals surface area contributed by atoms with Crippen molar-refractivity contribution in [1.82, 2.24) is 0 Å². The summed E-state index contributed by atoms with van der Waals surface area (Å²) in [5, 5.41) is 0. The minimum atomic E-state index is -4.60. The van der Waals surface area contributed by atoms with Crippen molar-refractivity contribution in [1.29, 1.82) is 0 Å². The molecule has 0 aliphatic heterocycles. The Bertz CT molecular complexity index is 198. The predicted octanol–water partition coefficient (Wildman–Crippen LogP) is 0.829. The van der Waals surface area contributed by atoms with Gasteiger partial charge in [0.15, 0.2) is 0 Å². The van der Waals surface area contributed by atoms with E-state index in [4.69, 9.17) is 5.73 Å². The fraction of sp³-hybridized carbons (Fsp3) is 0.857. The maximum atomic E-state index is 11.6. The third kappa shape index (κ3) is 2.96. The number of rotatable bonds is 3. The van der Waals surface area contributed by atoms with Crippen LogP contribution in [0.5, 0.6) is 0 Å². The number of nitrogens with two attached hydrogens (primary N) is 1. The van der Waals surface area contributed by atoms with E-state index < -0.39 is 12.5 Å². The first kappa shape index (κ1) is 10.5. The molecule has 0 unspecified atom stereocenters. The summed E-state index contributed by atoms with van der Waals surface area (Å²) in [7, 11) is 0. The quantitative estimate of drug-likeness (QED) is 0.729. The highest BCUT2D eigenvalue weighted by molar-refractivity contribution is 5.83. The van der Waals surface area contributed by atoms with Gasteiger partial charge >= 0.3 is 6.36 Å². The van der Waals surface area contributed by atoms with E-state index in [-0.39, 0.29) is 31.1 Å². The van der Waals surface area contributed by atoms with E-state index in [2.05, 4.69) is 4.74 Å². The molecule has 0 spiro atoms. The molecule has 0 heterocycles. The zero-order valence-corrected chi connectivity index (χ0v) is 6.80. The molecule has 2 N–H and O–H groups in total. The fourth-order valence-electron chi connectivity index (χ4n) is 1.28. The van der Waals surface area contributed by atoms with E-state index in [0.29, 0.717) is 0 Å². The van der Waals surface area contributed by atoms with Crippen LogP contribution in [0, 0.1) is 5.92 Å². The number of ketones is 1. The Morgan fingerprint density at radius 1 is 1.46 bits per heavy atom. The lowest BCUT2D eigenvalue weighted by molar-refractivity contribution is -0.353. The number of Topliss-reactive ketones (excluding diaryl/α,β-unsaturated/α-hetero) is 1. The molecule has 1 rings (SSSR count). The third-order valence-electron chi connectivity index (χ3n) is 2.05. The van der Waals surface area contributed by atoms with Gasteiger partial charge in [-0.3, -0.25) is 9.53 Å². The Morgan fingerprint density at radius 3 is 2.38 bits per heavy atom. The van der Waals surface area contributed by atoms with Crippen LogP contribution in [0.2, 0.25) is 0 Å². The molecule has 0 aromatic rings. The van der Waals surface area contributed by atoms with E-state index in [1.807, 2.05) is 0 Å². The molecular weight excluding hydrogens is 187 g/mol. The van der Waals surface area contributed by atoms with Crippen LogP contribution in [0.4, 0.5) is 13.2 Å². The van der Waals surface area contributed by atoms with Gasteiger partial charge in [0.25, 0.3) is 0 Å². The highest BCUT2D eigenvalue weighted by atomic mass is 19.4. The predicted molar refractivity (Wildman–Crippen MR) is 37.7 cm³/mol. The van der Waals surface area contributed by atoms with Gasteiger partial charge in [-0.15, -0.1) is 13.2 Å². The summed E-state index contributed by atoms with van der Waals surface area (Å²) in [6.45, 7) is -0.108. The van der Waals surface area contributed by atoms with Crippen LogP contribution in [-0.4, -0.2) is 24.8 Å². The fourth-order valence-corrected chi connectivity index (χ4v) is 1.28. The summed E-state index contributed by atoms with van der Waals surface area (Å²) in [4.78, 5) is 10.8. The highest BCUT2D eigenvalue weighted by Gasteiger charge is 2.41. The van der Waals surface area contributed by atoms with E-state index >= 15 is 0 Å². The zero-order chi connectivity index (χ0) is 10.1. The van der Waals surface area contributed by atoms with Crippen LogP contribution in [0.3, 0.4) is 0 Å². The van der Waals surface area contributed by atoms with Gasteiger partial charge in [0.2, 0.25) is 0 Å². The Labute approximate surface area is 73.0 Å². The largest absolute Gasteiger partial charge is 0.522 e. The summed E-state index contributed by atoms with van der Waals surface area (Å²) in [5.74, 6) is -0.528. The van der Waals surface area contributed by atoms with Crippen LogP contribution < -0.4 is 5.73 Å². The van der Waals surface area contributed by atoms with Gasteiger partial charge in [-0.05, 0) is 12.8 Å². The Kier molecular flexibility index (Phi) is 2.92. The average molecular weight is 197 g/mol. The van der Waals surface area contributed by atoms with Gasteiger partial charge in [-0.25, -0.2) is 0 Å². The molecule has 0 saturated heterocycles. The lowest BCUT2D eigenvalue weighted by Gasteiger charge is -2.33. The molecule has 13 heavy (non-hydrogen) atoms. The zero-order valence-electron chi connectivity index (χ0n) is 6.80. The van der Waals surface area contributed by atoms with Crippen LogP contribution >= 0.6 is 0 Å². The molecule has 0 bridgehead atoms. The second-order valence-corrected chi connectivity index (χ2v) is 3.02. The summed E-state index contributed by atoms with van der Waals surface area (Å²) in [6, 6.07) is 0. The number of carbonyl (C=O) groups excluding carboxylic acids is 1. The highest BCUT2D eigenvalue weighted by Crippen LogP contribution is 2.34. The van der Waals surface area contributed by atoms with E-state index in [1.165, 1.54) is 0 Å². The van der Waals surface area contributed by atoms with Crippen molar-refractivity contribution in [3.63, 3.8) is 0 Å². The van der Waals surface area contributed by atoms with Crippen LogP contribution in [-0.2, 0) is 9.53 Å². The minimum Gasteiger partial charge on any atom is -0.324 e. The first-order valence-corrected chi connectivity index (χ1v) is 3.89. The summed E-state index contributed by atoms with van der Waals surface area (Å²) >= 11 is 0. The molecule has 1 aliphatic rings. The van der Waals surface area contributed by atoms with Crippen LogP contribution in [0.15, 0.2) is 0 Å². The summed E-state index contributed by atoms with van der Waals surface area (Å²) in [5.41, 5.74) is 5.04. The van der Waals surface area contributed by atoms with E-state index in [9.17, 15) is 18.0 Å². The molecule has 1 fully saturated rings. The lowest BCUT2D eigenvalue weighted by atomic mass is 9.79. The maximum Gasteiger partial charge on any atom is 0.522 e. The molecule has 1 saturated carbocycles. The van der Waals surface area contributed by atoms with Gasteiger partial charge in [-0.2, -0.15) is 0 Å². The third-order valence-corrected chi connectivity index (χ3v) is 2.05. The smallest absolute Gasteiger partial charge is 0.324 e. The van der Waals surface area contributed by atoms with Gasteiger partial charge in [0, 0.05) is 5.92 Å². The first-order chi connectivity index (χ1) is 5.92. The van der Waals surface area contributed by atoms with Gasteiger partial charge < -0.3 is 5.73 Å². The normalized spacial score (nSPS) is 28.3. The molecule has 0 amide bonds. The SMILES string of the molecule is NCC(=O)C1CC(OC(F)(F)F)C1. The van der Waals surface area contributed by atoms with E-state index in [1.54, 1.807) is 0 Å². The van der Waals surface area contributed by atoms with Crippen molar-refractivity contribution in [3.8, 4) is 0 Å². The second-order valence-electron chi connectivity index (χ2n) is 3.02.